The van der Waals surface area contributed by atoms with E-state index in [1.807, 2.05) is 6.07 Å². The number of nitrogens with zero attached hydrogens (tertiary/aromatic N) is 2. The lowest BCUT2D eigenvalue weighted by Gasteiger charge is -2.13. The molecule has 1 unspecified atom stereocenters. The lowest BCUT2D eigenvalue weighted by Crippen LogP contribution is -2.13. The van der Waals surface area contributed by atoms with E-state index in [4.69, 9.17) is 21.6 Å². The lowest BCUT2D eigenvalue weighted by atomic mass is 10.2. The number of anilines is 1. The molecule has 26 heavy (non-hydrogen) atoms. The SMILES string of the molecule is CC(C#N)Nc1cc(Oc2ccc(C(F)(F)F)cc2Cl)ccc1[N+](=O)[O-]. The molecule has 6 nitrogen and oxygen atoms in total. The molecule has 2 aromatic carbocycles. The fraction of sp³-hybridized carbons (Fsp3) is 0.188. The zero-order valence-corrected chi connectivity index (χ0v) is 13.9. The smallest absolute Gasteiger partial charge is 0.416 e. The summed E-state index contributed by atoms with van der Waals surface area (Å²) >= 11 is 5.82. The van der Waals surface area contributed by atoms with Crippen molar-refractivity contribution in [1.82, 2.24) is 0 Å². The van der Waals surface area contributed by atoms with Crippen LogP contribution in [0.3, 0.4) is 0 Å². The van der Waals surface area contributed by atoms with Gasteiger partial charge in [-0.2, -0.15) is 18.4 Å². The zero-order valence-electron chi connectivity index (χ0n) is 13.2. The number of nitriles is 1. The van der Waals surface area contributed by atoms with E-state index >= 15 is 0 Å². The molecule has 0 aromatic heterocycles. The standard InChI is InChI=1S/C16H11ClF3N3O3/c1-9(8-21)22-13-7-11(3-4-14(13)23(24)25)26-15-5-2-10(6-12(15)17)16(18,19)20/h2-7,9,22H,1H3. The van der Waals surface area contributed by atoms with Crippen molar-refractivity contribution in [2.75, 3.05) is 5.32 Å². The van der Waals surface area contributed by atoms with Gasteiger partial charge >= 0.3 is 6.18 Å². The van der Waals surface area contributed by atoms with E-state index in [0.29, 0.717) is 0 Å². The van der Waals surface area contributed by atoms with Gasteiger partial charge in [-0.15, -0.1) is 0 Å². The number of nitro benzene ring substituents is 1. The molecule has 0 radical (unpaired) electrons. The number of nitrogens with one attached hydrogen (secondary N) is 1. The third-order valence-corrected chi connectivity index (χ3v) is 3.51. The Balaban J connectivity index is 2.34. The first kappa shape index (κ1) is 19.3. The second-order valence-corrected chi connectivity index (χ2v) is 5.58. The van der Waals surface area contributed by atoms with Crippen LogP contribution >= 0.6 is 11.6 Å². The van der Waals surface area contributed by atoms with Crippen LogP contribution in [-0.4, -0.2) is 11.0 Å². The second-order valence-electron chi connectivity index (χ2n) is 5.18. The first-order valence-electron chi connectivity index (χ1n) is 7.11. The van der Waals surface area contributed by atoms with Gasteiger partial charge in [0.15, 0.2) is 0 Å². The molecule has 136 valence electrons. The van der Waals surface area contributed by atoms with Crippen molar-refractivity contribution in [3.05, 3.63) is 57.1 Å². The molecule has 0 saturated carbocycles. The van der Waals surface area contributed by atoms with E-state index in [1.165, 1.54) is 19.1 Å². The molecule has 1 atom stereocenters. The molecule has 0 saturated heterocycles. The number of ether oxygens (including phenoxy) is 1. The molecule has 0 spiro atoms. The molecule has 1 N–H and O–H groups in total. The minimum atomic E-state index is -4.54. The van der Waals surface area contributed by atoms with E-state index in [-0.39, 0.29) is 27.9 Å². The van der Waals surface area contributed by atoms with Crippen LogP contribution in [0.25, 0.3) is 0 Å². The highest BCUT2D eigenvalue weighted by molar-refractivity contribution is 6.32. The van der Waals surface area contributed by atoms with Gasteiger partial charge in [-0.25, -0.2) is 0 Å². The Bertz CT molecular complexity index is 881. The number of rotatable bonds is 5. The average molecular weight is 386 g/mol. The predicted octanol–water partition coefficient (Wildman–Crippen LogP) is 5.38. The normalized spacial score (nSPS) is 12.2. The summed E-state index contributed by atoms with van der Waals surface area (Å²) in [5, 5.41) is 22.3. The molecule has 0 aliphatic heterocycles. The van der Waals surface area contributed by atoms with Gasteiger partial charge in [0.2, 0.25) is 0 Å². The van der Waals surface area contributed by atoms with Crippen LogP contribution < -0.4 is 10.1 Å². The Kier molecular flexibility index (Phi) is 5.57. The van der Waals surface area contributed by atoms with Crippen molar-refractivity contribution >= 4 is 23.0 Å². The average Bonchev–Trinajstić information content (AvgIpc) is 2.55. The summed E-state index contributed by atoms with van der Waals surface area (Å²) in [4.78, 5) is 10.4. The van der Waals surface area contributed by atoms with Crippen molar-refractivity contribution in [2.24, 2.45) is 0 Å². The van der Waals surface area contributed by atoms with Crippen LogP contribution in [0.2, 0.25) is 5.02 Å². The fourth-order valence-corrected chi connectivity index (χ4v) is 2.23. The first-order chi connectivity index (χ1) is 12.1. The third kappa shape index (κ3) is 4.55. The van der Waals surface area contributed by atoms with Crippen LogP contribution in [0.1, 0.15) is 12.5 Å². The highest BCUT2D eigenvalue weighted by Crippen LogP contribution is 2.38. The number of hydrogen-bond acceptors (Lipinski definition) is 5. The highest BCUT2D eigenvalue weighted by atomic mass is 35.5. The maximum absolute atomic E-state index is 12.7. The predicted molar refractivity (Wildman–Crippen MR) is 88.3 cm³/mol. The van der Waals surface area contributed by atoms with Gasteiger partial charge in [0, 0.05) is 12.1 Å². The van der Waals surface area contributed by atoms with Crippen LogP contribution in [0.4, 0.5) is 24.5 Å². The molecule has 0 fully saturated rings. The van der Waals surface area contributed by atoms with Gasteiger partial charge in [-0.1, -0.05) is 11.6 Å². The topological polar surface area (TPSA) is 88.2 Å². The molecule has 0 aliphatic carbocycles. The van der Waals surface area contributed by atoms with Gasteiger partial charge in [0.1, 0.15) is 23.2 Å². The molecule has 2 rings (SSSR count). The summed E-state index contributed by atoms with van der Waals surface area (Å²) in [7, 11) is 0. The third-order valence-electron chi connectivity index (χ3n) is 3.22. The number of halogens is 4. The summed E-state index contributed by atoms with van der Waals surface area (Å²) < 4.78 is 43.4. The highest BCUT2D eigenvalue weighted by Gasteiger charge is 2.31. The minimum Gasteiger partial charge on any atom is -0.456 e. The molecular weight excluding hydrogens is 375 g/mol. The largest absolute Gasteiger partial charge is 0.456 e. The summed E-state index contributed by atoms with van der Waals surface area (Å²) in [5.74, 6) is 0.0534. The quantitative estimate of drug-likeness (QED) is 0.551. The summed E-state index contributed by atoms with van der Waals surface area (Å²) in [5.41, 5.74) is -1.17. The fourth-order valence-electron chi connectivity index (χ4n) is 2.01. The molecular formula is C16H11ClF3N3O3. The Morgan fingerprint density at radius 2 is 2.00 bits per heavy atom. The van der Waals surface area contributed by atoms with Crippen LogP contribution in [0.5, 0.6) is 11.5 Å². The maximum atomic E-state index is 12.7. The van der Waals surface area contributed by atoms with Gasteiger partial charge in [0.05, 0.1) is 21.6 Å². The second kappa shape index (κ2) is 7.49. The Morgan fingerprint density at radius 3 is 2.54 bits per heavy atom. The Morgan fingerprint density at radius 1 is 1.31 bits per heavy atom. The molecule has 0 aliphatic rings. The number of nitro groups is 1. The zero-order chi connectivity index (χ0) is 19.5. The summed E-state index contributed by atoms with van der Waals surface area (Å²) in [6.07, 6.45) is -4.54. The van der Waals surface area contributed by atoms with Crippen molar-refractivity contribution < 1.29 is 22.8 Å². The van der Waals surface area contributed by atoms with Crippen molar-refractivity contribution in [1.29, 1.82) is 5.26 Å². The summed E-state index contributed by atoms with van der Waals surface area (Å²) in [6.45, 7) is 1.50. The minimum absolute atomic E-state index is 0.0320. The molecule has 2 aromatic rings. The van der Waals surface area contributed by atoms with E-state index in [2.05, 4.69) is 5.32 Å². The monoisotopic (exact) mass is 385 g/mol. The van der Waals surface area contributed by atoms with E-state index in [1.54, 1.807) is 0 Å². The van der Waals surface area contributed by atoms with E-state index in [0.717, 1.165) is 24.3 Å². The number of alkyl halides is 3. The van der Waals surface area contributed by atoms with Gasteiger partial charge in [-0.3, -0.25) is 10.1 Å². The van der Waals surface area contributed by atoms with Crippen molar-refractivity contribution in [3.8, 4) is 17.6 Å². The maximum Gasteiger partial charge on any atom is 0.416 e. The summed E-state index contributed by atoms with van der Waals surface area (Å²) in [6, 6.07) is 7.44. The van der Waals surface area contributed by atoms with Crippen LogP contribution in [-0.2, 0) is 6.18 Å². The van der Waals surface area contributed by atoms with Crippen molar-refractivity contribution in [2.45, 2.75) is 19.1 Å². The number of benzene rings is 2. The molecule has 10 heteroatoms. The Labute approximate surface area is 150 Å². The number of hydrogen-bond donors (Lipinski definition) is 1. The van der Waals surface area contributed by atoms with Crippen LogP contribution in [0, 0.1) is 21.4 Å². The molecule has 0 heterocycles. The van der Waals surface area contributed by atoms with Crippen LogP contribution in [0.15, 0.2) is 36.4 Å². The van der Waals surface area contributed by atoms with Gasteiger partial charge in [0.25, 0.3) is 5.69 Å². The van der Waals surface area contributed by atoms with E-state index in [9.17, 15) is 23.3 Å². The van der Waals surface area contributed by atoms with Gasteiger partial charge < -0.3 is 10.1 Å². The van der Waals surface area contributed by atoms with Crippen molar-refractivity contribution in [3.63, 3.8) is 0 Å². The van der Waals surface area contributed by atoms with Gasteiger partial charge in [-0.05, 0) is 31.2 Å². The molecule has 0 amide bonds. The first-order valence-corrected chi connectivity index (χ1v) is 7.49. The Hall–Kier alpha value is -2.99. The molecule has 0 bridgehead atoms. The van der Waals surface area contributed by atoms with E-state index < -0.39 is 22.7 Å². The lowest BCUT2D eigenvalue weighted by molar-refractivity contribution is -0.384.